The molecule has 0 saturated heterocycles. The van der Waals surface area contributed by atoms with E-state index in [9.17, 15) is 0 Å². The number of hydrogen-bond acceptors (Lipinski definition) is 3. The lowest BCUT2D eigenvalue weighted by molar-refractivity contribution is 0.425. The lowest BCUT2D eigenvalue weighted by Gasteiger charge is -2.20. The van der Waals surface area contributed by atoms with Crippen LogP contribution in [0.3, 0.4) is 0 Å². The maximum atomic E-state index is 9.16. The number of nitrogens with one attached hydrogen (secondary N) is 1. The van der Waals surface area contributed by atoms with E-state index in [4.69, 9.17) is 5.26 Å². The first kappa shape index (κ1) is 10.2. The van der Waals surface area contributed by atoms with Crippen molar-refractivity contribution in [1.29, 1.82) is 5.26 Å². The smallest absolute Gasteiger partial charge is 0.108 e. The van der Waals surface area contributed by atoms with Crippen LogP contribution in [-0.4, -0.2) is 22.1 Å². The number of nitrogens with zero attached hydrogens (tertiary/aromatic N) is 3. The van der Waals surface area contributed by atoms with Gasteiger partial charge in [0.25, 0.3) is 0 Å². The Hall–Kier alpha value is -1.34. The number of aromatic nitrogens is 2. The van der Waals surface area contributed by atoms with Gasteiger partial charge in [-0.15, -0.1) is 0 Å². The third-order valence-electron chi connectivity index (χ3n) is 3.44. The Morgan fingerprint density at radius 2 is 2.53 bits per heavy atom. The Balaban J connectivity index is 2.18. The summed E-state index contributed by atoms with van der Waals surface area (Å²) in [6.07, 6.45) is 6.66. The molecule has 2 atom stereocenters. The van der Waals surface area contributed by atoms with Crippen molar-refractivity contribution >= 4 is 0 Å². The minimum absolute atomic E-state index is 0.332. The van der Waals surface area contributed by atoms with E-state index >= 15 is 0 Å². The van der Waals surface area contributed by atoms with Gasteiger partial charge >= 0.3 is 0 Å². The zero-order valence-electron chi connectivity index (χ0n) is 9.20. The molecule has 1 N–H and O–H groups in total. The van der Waals surface area contributed by atoms with E-state index in [1.165, 1.54) is 0 Å². The van der Waals surface area contributed by atoms with Crippen molar-refractivity contribution < 1.29 is 0 Å². The standard InChI is InChI=1S/C11H16N4/c1-9-14-5-6-15(9)10-3-4-11(7-10,8-12)13-2/h5-6,10,13H,3-4,7H2,1-2H3. The molecule has 1 heterocycles. The van der Waals surface area contributed by atoms with Gasteiger partial charge in [-0.1, -0.05) is 0 Å². The molecule has 1 aromatic heterocycles. The Kier molecular flexibility index (Phi) is 2.49. The van der Waals surface area contributed by atoms with Crippen LogP contribution < -0.4 is 5.32 Å². The molecule has 1 saturated carbocycles. The average molecular weight is 204 g/mol. The molecule has 0 aliphatic heterocycles. The van der Waals surface area contributed by atoms with Crippen LogP contribution >= 0.6 is 0 Å². The van der Waals surface area contributed by atoms with Gasteiger partial charge in [0.05, 0.1) is 6.07 Å². The maximum Gasteiger partial charge on any atom is 0.108 e. The quantitative estimate of drug-likeness (QED) is 0.792. The molecule has 0 radical (unpaired) electrons. The van der Waals surface area contributed by atoms with Gasteiger partial charge < -0.3 is 9.88 Å². The molecule has 2 rings (SSSR count). The molecule has 1 aromatic rings. The van der Waals surface area contributed by atoms with Gasteiger partial charge in [0, 0.05) is 18.4 Å². The monoisotopic (exact) mass is 204 g/mol. The zero-order chi connectivity index (χ0) is 10.9. The van der Waals surface area contributed by atoms with Crippen LogP contribution in [0.25, 0.3) is 0 Å². The second-order valence-corrected chi connectivity index (χ2v) is 4.22. The molecule has 4 heteroatoms. The number of aryl methyl sites for hydroxylation is 1. The fraction of sp³-hybridized carbons (Fsp3) is 0.636. The van der Waals surface area contributed by atoms with Crippen molar-refractivity contribution in [3.05, 3.63) is 18.2 Å². The summed E-state index contributed by atoms with van der Waals surface area (Å²) in [5, 5.41) is 12.3. The van der Waals surface area contributed by atoms with Crippen LogP contribution in [0.2, 0.25) is 0 Å². The molecule has 0 aromatic carbocycles. The third-order valence-corrected chi connectivity index (χ3v) is 3.44. The summed E-state index contributed by atoms with van der Waals surface area (Å²) in [6, 6.07) is 2.81. The lowest BCUT2D eigenvalue weighted by atomic mass is 10.00. The predicted molar refractivity (Wildman–Crippen MR) is 57.3 cm³/mol. The minimum Gasteiger partial charge on any atom is -0.332 e. The van der Waals surface area contributed by atoms with Crippen molar-refractivity contribution in [3.8, 4) is 6.07 Å². The maximum absolute atomic E-state index is 9.16. The second kappa shape index (κ2) is 3.67. The third kappa shape index (κ3) is 1.64. The van der Waals surface area contributed by atoms with Crippen molar-refractivity contribution in [1.82, 2.24) is 14.9 Å². The Morgan fingerprint density at radius 1 is 1.73 bits per heavy atom. The van der Waals surface area contributed by atoms with Gasteiger partial charge in [0.2, 0.25) is 0 Å². The highest BCUT2D eigenvalue weighted by molar-refractivity contribution is 5.13. The van der Waals surface area contributed by atoms with E-state index in [1.54, 1.807) is 0 Å². The number of hydrogen-bond donors (Lipinski definition) is 1. The largest absolute Gasteiger partial charge is 0.332 e. The fourth-order valence-electron chi connectivity index (χ4n) is 2.41. The normalized spacial score (nSPS) is 30.3. The van der Waals surface area contributed by atoms with E-state index in [0.29, 0.717) is 6.04 Å². The number of imidazole rings is 1. The first-order valence-electron chi connectivity index (χ1n) is 5.30. The van der Waals surface area contributed by atoms with E-state index < -0.39 is 0 Å². The molecule has 0 bridgehead atoms. The summed E-state index contributed by atoms with van der Waals surface area (Å²) in [5.74, 6) is 1.03. The van der Waals surface area contributed by atoms with E-state index in [-0.39, 0.29) is 5.54 Å². The molecule has 1 fully saturated rings. The number of rotatable bonds is 2. The Morgan fingerprint density at radius 3 is 3.00 bits per heavy atom. The summed E-state index contributed by atoms with van der Waals surface area (Å²) in [4.78, 5) is 4.22. The van der Waals surface area contributed by atoms with E-state index in [0.717, 1.165) is 25.1 Å². The highest BCUT2D eigenvalue weighted by Gasteiger charge is 2.39. The molecular formula is C11H16N4. The highest BCUT2D eigenvalue weighted by Crippen LogP contribution is 2.37. The van der Waals surface area contributed by atoms with Gasteiger partial charge in [0.15, 0.2) is 0 Å². The van der Waals surface area contributed by atoms with Crippen molar-refractivity contribution in [2.24, 2.45) is 0 Å². The lowest BCUT2D eigenvalue weighted by Crippen LogP contribution is -2.38. The minimum atomic E-state index is -0.332. The molecule has 0 amide bonds. The Labute approximate surface area is 89.9 Å². The predicted octanol–water partition coefficient (Wildman–Crippen LogP) is 1.40. The van der Waals surface area contributed by atoms with Crippen LogP contribution in [0.4, 0.5) is 0 Å². The van der Waals surface area contributed by atoms with Crippen molar-refractivity contribution in [2.75, 3.05) is 7.05 Å². The first-order valence-corrected chi connectivity index (χ1v) is 5.30. The van der Waals surface area contributed by atoms with Gasteiger partial charge in [-0.3, -0.25) is 0 Å². The van der Waals surface area contributed by atoms with Crippen LogP contribution in [0.5, 0.6) is 0 Å². The summed E-state index contributed by atoms with van der Waals surface area (Å²) >= 11 is 0. The van der Waals surface area contributed by atoms with Gasteiger partial charge in [-0.2, -0.15) is 5.26 Å². The van der Waals surface area contributed by atoms with E-state index in [1.807, 2.05) is 26.4 Å². The van der Waals surface area contributed by atoms with Crippen LogP contribution in [0.1, 0.15) is 31.1 Å². The molecule has 1 aliphatic carbocycles. The van der Waals surface area contributed by atoms with Crippen LogP contribution in [0.15, 0.2) is 12.4 Å². The Bertz CT molecular complexity index is 390. The van der Waals surface area contributed by atoms with Gasteiger partial charge in [-0.05, 0) is 33.2 Å². The first-order chi connectivity index (χ1) is 7.21. The molecule has 4 nitrogen and oxygen atoms in total. The second-order valence-electron chi connectivity index (χ2n) is 4.22. The fourth-order valence-corrected chi connectivity index (χ4v) is 2.41. The molecule has 2 unspecified atom stereocenters. The van der Waals surface area contributed by atoms with Crippen molar-refractivity contribution in [2.45, 2.75) is 37.8 Å². The summed E-state index contributed by atoms with van der Waals surface area (Å²) in [5.41, 5.74) is -0.332. The van der Waals surface area contributed by atoms with Crippen LogP contribution in [-0.2, 0) is 0 Å². The average Bonchev–Trinajstić information content (AvgIpc) is 2.84. The topological polar surface area (TPSA) is 53.6 Å². The molecular weight excluding hydrogens is 188 g/mol. The summed E-state index contributed by atoms with van der Waals surface area (Å²) in [7, 11) is 1.87. The number of nitriles is 1. The van der Waals surface area contributed by atoms with E-state index in [2.05, 4.69) is 20.9 Å². The summed E-state index contributed by atoms with van der Waals surface area (Å²) < 4.78 is 2.18. The summed E-state index contributed by atoms with van der Waals surface area (Å²) in [6.45, 7) is 2.01. The molecule has 0 spiro atoms. The van der Waals surface area contributed by atoms with Crippen molar-refractivity contribution in [3.63, 3.8) is 0 Å². The molecule has 1 aliphatic rings. The van der Waals surface area contributed by atoms with Crippen LogP contribution in [0, 0.1) is 18.3 Å². The zero-order valence-corrected chi connectivity index (χ0v) is 9.20. The van der Waals surface area contributed by atoms with Gasteiger partial charge in [0.1, 0.15) is 11.4 Å². The van der Waals surface area contributed by atoms with Gasteiger partial charge in [-0.25, -0.2) is 4.98 Å². The highest BCUT2D eigenvalue weighted by atomic mass is 15.1. The SMILES string of the molecule is CNC1(C#N)CCC(n2ccnc2C)C1. The molecule has 15 heavy (non-hydrogen) atoms. The molecule has 80 valence electrons.